The van der Waals surface area contributed by atoms with E-state index in [4.69, 9.17) is 11.6 Å². The Balaban J connectivity index is 0. The fourth-order valence-electron chi connectivity index (χ4n) is 0.830. The predicted molar refractivity (Wildman–Crippen MR) is 60.5 cm³/mol. The summed E-state index contributed by atoms with van der Waals surface area (Å²) in [4.78, 5) is 10.1. The number of hydrogen-bond donors (Lipinski definition) is 1. The molecular weight excluding hydrogens is 202 g/mol. The molecule has 0 aromatic heterocycles. The molecule has 0 fully saturated rings. The van der Waals surface area contributed by atoms with Crippen LogP contribution in [0.15, 0.2) is 0 Å². The first kappa shape index (κ1) is 16.2. The van der Waals surface area contributed by atoms with Crippen molar-refractivity contribution in [1.82, 2.24) is 5.32 Å². The van der Waals surface area contributed by atoms with Gasteiger partial charge in [-0.05, 0) is 0 Å². The molecule has 0 aliphatic carbocycles. The quantitative estimate of drug-likeness (QED) is 0.588. The zero-order valence-electron chi connectivity index (χ0n) is 9.76. The second kappa shape index (κ2) is 10.8. The third kappa shape index (κ3) is 17.7. The van der Waals surface area contributed by atoms with Gasteiger partial charge in [0, 0.05) is 18.5 Å². The molecule has 4 heteroatoms. The van der Waals surface area contributed by atoms with Crippen LogP contribution in [0.4, 0.5) is 0 Å². The minimum absolute atomic E-state index is 0.0350. The van der Waals surface area contributed by atoms with Crippen LogP contribution in [0.3, 0.4) is 0 Å². The van der Waals surface area contributed by atoms with Crippen molar-refractivity contribution < 1.29 is 9.53 Å². The molecule has 0 unspecified atom stereocenters. The minimum Gasteiger partial charge on any atom is -0.449 e. The second-order valence-corrected chi connectivity index (χ2v) is 3.67. The van der Waals surface area contributed by atoms with Crippen LogP contribution < -0.4 is 5.32 Å². The number of halogens is 1. The minimum atomic E-state index is -0.255. The molecule has 0 aliphatic rings. The number of nitrogens with one attached hydrogen (secondary N) is 1. The van der Waals surface area contributed by atoms with Crippen LogP contribution in [0, 0.1) is 0 Å². The molecule has 0 aliphatic heterocycles. The maximum atomic E-state index is 10.1. The first-order chi connectivity index (χ1) is 6.43. The number of alkyl halides is 1. The number of carbonyl (C=O) groups is 1. The van der Waals surface area contributed by atoms with Crippen molar-refractivity contribution >= 4 is 17.6 Å². The molecule has 0 aromatic carbocycles. The smallest absolute Gasteiger partial charge is 0.306 e. The van der Waals surface area contributed by atoms with Crippen LogP contribution >= 0.6 is 11.6 Å². The lowest BCUT2D eigenvalue weighted by Crippen LogP contribution is -2.29. The van der Waals surface area contributed by atoms with E-state index < -0.39 is 0 Å². The highest BCUT2D eigenvalue weighted by molar-refractivity contribution is 6.17. The van der Waals surface area contributed by atoms with Crippen molar-refractivity contribution in [3.63, 3.8) is 0 Å². The van der Waals surface area contributed by atoms with E-state index in [0.717, 1.165) is 0 Å². The van der Waals surface area contributed by atoms with E-state index in [1.165, 1.54) is 0 Å². The lowest BCUT2D eigenvalue weighted by molar-refractivity contribution is -0.141. The van der Waals surface area contributed by atoms with Crippen molar-refractivity contribution in [2.75, 3.05) is 6.07 Å². The Morgan fingerprint density at radius 1 is 1.29 bits per heavy atom. The maximum absolute atomic E-state index is 10.1. The monoisotopic (exact) mass is 223 g/mol. The highest BCUT2D eigenvalue weighted by Gasteiger charge is 1.92. The summed E-state index contributed by atoms with van der Waals surface area (Å²) in [6.45, 7) is 10.3. The largest absolute Gasteiger partial charge is 0.449 e. The van der Waals surface area contributed by atoms with Crippen LogP contribution in [-0.2, 0) is 9.53 Å². The van der Waals surface area contributed by atoms with Gasteiger partial charge in [0.25, 0.3) is 0 Å². The Labute approximate surface area is 92.2 Å². The zero-order valence-corrected chi connectivity index (χ0v) is 10.5. The van der Waals surface area contributed by atoms with Gasteiger partial charge in [0.15, 0.2) is 6.07 Å². The second-order valence-electron chi connectivity index (χ2n) is 3.46. The van der Waals surface area contributed by atoms with Gasteiger partial charge in [0.1, 0.15) is 0 Å². The molecule has 0 spiro atoms. The van der Waals surface area contributed by atoms with Crippen molar-refractivity contribution in [2.24, 2.45) is 0 Å². The summed E-state index contributed by atoms with van der Waals surface area (Å²) in [5, 5.41) is 3.31. The average Bonchev–Trinajstić information content (AvgIpc) is 2.03. The van der Waals surface area contributed by atoms with Gasteiger partial charge in [-0.1, -0.05) is 46.2 Å². The summed E-state index contributed by atoms with van der Waals surface area (Å²) in [5.74, 6) is -0.255. The van der Waals surface area contributed by atoms with Crippen LogP contribution in [-0.4, -0.2) is 24.1 Å². The van der Waals surface area contributed by atoms with Crippen LogP contribution in [0.1, 0.15) is 41.0 Å². The number of hydrogen-bond acceptors (Lipinski definition) is 3. The van der Waals surface area contributed by atoms with Gasteiger partial charge in [-0.25, -0.2) is 0 Å². The van der Waals surface area contributed by atoms with E-state index in [1.807, 2.05) is 0 Å². The highest BCUT2D eigenvalue weighted by atomic mass is 35.5. The van der Waals surface area contributed by atoms with Gasteiger partial charge >= 0.3 is 5.97 Å². The molecule has 0 saturated heterocycles. The molecule has 1 N–H and O–H groups in total. The topological polar surface area (TPSA) is 38.3 Å². The molecule has 14 heavy (non-hydrogen) atoms. The van der Waals surface area contributed by atoms with E-state index in [2.05, 4.69) is 37.7 Å². The lowest BCUT2D eigenvalue weighted by Gasteiger charge is -2.10. The van der Waals surface area contributed by atoms with Gasteiger partial charge in [0.05, 0.1) is 0 Å². The molecule has 0 atom stereocenters. The Hall–Kier alpha value is -0.280. The van der Waals surface area contributed by atoms with E-state index in [9.17, 15) is 4.79 Å². The van der Waals surface area contributed by atoms with Crippen molar-refractivity contribution in [1.29, 1.82) is 0 Å². The van der Waals surface area contributed by atoms with Gasteiger partial charge in [-0.2, -0.15) is 0 Å². The molecular formula is C10H22ClNO2. The number of esters is 1. The Morgan fingerprint density at radius 3 is 1.79 bits per heavy atom. The van der Waals surface area contributed by atoms with Crippen LogP contribution in [0.25, 0.3) is 0 Å². The van der Waals surface area contributed by atoms with Crippen molar-refractivity contribution in [2.45, 2.75) is 53.1 Å². The van der Waals surface area contributed by atoms with Crippen LogP contribution in [0.2, 0.25) is 0 Å². The van der Waals surface area contributed by atoms with Gasteiger partial charge in [-0.15, -0.1) is 0 Å². The summed E-state index contributed by atoms with van der Waals surface area (Å²) >= 11 is 5.03. The van der Waals surface area contributed by atoms with E-state index in [-0.39, 0.29) is 12.0 Å². The molecule has 0 aromatic rings. The normalized spacial score (nSPS) is 9.71. The first-order valence-corrected chi connectivity index (χ1v) is 5.45. The number of rotatable bonds is 4. The Bertz CT molecular complexity index is 132. The third-order valence-electron chi connectivity index (χ3n) is 1.17. The lowest BCUT2D eigenvalue weighted by atomic mass is 10.3. The molecule has 0 radical (unpaired) electrons. The van der Waals surface area contributed by atoms with E-state index >= 15 is 0 Å². The SMILES string of the molecule is CC(C)NC(C)C.CCC(=O)OCCl. The summed E-state index contributed by atoms with van der Waals surface area (Å²) in [6, 6.07) is 1.21. The van der Waals surface area contributed by atoms with E-state index in [0.29, 0.717) is 18.5 Å². The first-order valence-electron chi connectivity index (χ1n) is 4.91. The Morgan fingerprint density at radius 2 is 1.71 bits per heavy atom. The maximum Gasteiger partial charge on any atom is 0.306 e. The predicted octanol–water partition coefficient (Wildman–Crippen LogP) is 2.53. The molecule has 86 valence electrons. The number of ether oxygens (including phenoxy) is 1. The molecule has 0 saturated carbocycles. The molecule has 3 nitrogen and oxygen atoms in total. The number of carbonyl (C=O) groups excluding carboxylic acids is 1. The molecule has 0 bridgehead atoms. The van der Waals surface area contributed by atoms with Gasteiger partial charge in [0.2, 0.25) is 0 Å². The van der Waals surface area contributed by atoms with Crippen LogP contribution in [0.5, 0.6) is 0 Å². The van der Waals surface area contributed by atoms with Gasteiger partial charge in [-0.3, -0.25) is 4.79 Å². The average molecular weight is 224 g/mol. The zero-order chi connectivity index (χ0) is 11.6. The van der Waals surface area contributed by atoms with Crippen molar-refractivity contribution in [3.8, 4) is 0 Å². The summed E-state index contributed by atoms with van der Waals surface area (Å²) in [6.07, 6.45) is 0.396. The highest BCUT2D eigenvalue weighted by Crippen LogP contribution is 1.84. The molecule has 0 amide bonds. The fourth-order valence-corrected chi connectivity index (χ4v) is 0.951. The fraction of sp³-hybridized carbons (Fsp3) is 0.900. The third-order valence-corrected chi connectivity index (χ3v) is 1.28. The standard InChI is InChI=1S/C6H15N.C4H7ClO2/c1-5(2)7-6(3)4;1-2-4(6)7-3-5/h5-7H,1-4H3;2-3H2,1H3. The van der Waals surface area contributed by atoms with Gasteiger partial charge < -0.3 is 10.1 Å². The van der Waals surface area contributed by atoms with Crippen molar-refractivity contribution in [3.05, 3.63) is 0 Å². The molecule has 0 rings (SSSR count). The summed E-state index contributed by atoms with van der Waals surface area (Å²) in [5.41, 5.74) is 0. The van der Waals surface area contributed by atoms with E-state index in [1.54, 1.807) is 6.92 Å². The summed E-state index contributed by atoms with van der Waals surface area (Å²) in [7, 11) is 0. The summed E-state index contributed by atoms with van der Waals surface area (Å²) < 4.78 is 4.32. The Kier molecular flexibility index (Phi) is 12.5. The molecule has 0 heterocycles.